The van der Waals surface area contributed by atoms with E-state index in [0.29, 0.717) is 17.8 Å². The van der Waals surface area contributed by atoms with Gasteiger partial charge in [0.1, 0.15) is 17.5 Å². The van der Waals surface area contributed by atoms with Crippen molar-refractivity contribution in [3.63, 3.8) is 0 Å². The SMILES string of the molecule is CCCNC(=O)c1conc1-c1ccccc1. The third-order valence-electron chi connectivity index (χ3n) is 2.40. The van der Waals surface area contributed by atoms with Gasteiger partial charge in [0.15, 0.2) is 0 Å². The zero-order valence-electron chi connectivity index (χ0n) is 9.64. The second-order valence-corrected chi connectivity index (χ2v) is 3.70. The van der Waals surface area contributed by atoms with Crippen LogP contribution in [0.5, 0.6) is 0 Å². The Hall–Kier alpha value is -2.10. The first-order chi connectivity index (χ1) is 8.33. The van der Waals surface area contributed by atoms with Crippen LogP contribution in [0.1, 0.15) is 23.7 Å². The fraction of sp³-hybridized carbons (Fsp3) is 0.231. The number of amides is 1. The van der Waals surface area contributed by atoms with Crippen molar-refractivity contribution < 1.29 is 9.32 Å². The summed E-state index contributed by atoms with van der Waals surface area (Å²) in [5, 5.41) is 6.69. The normalized spacial score (nSPS) is 10.2. The monoisotopic (exact) mass is 230 g/mol. The summed E-state index contributed by atoms with van der Waals surface area (Å²) in [5.74, 6) is -0.146. The summed E-state index contributed by atoms with van der Waals surface area (Å²) in [7, 11) is 0. The average molecular weight is 230 g/mol. The Kier molecular flexibility index (Phi) is 3.55. The molecule has 0 atom stereocenters. The van der Waals surface area contributed by atoms with Crippen molar-refractivity contribution in [3.05, 3.63) is 42.2 Å². The van der Waals surface area contributed by atoms with Crippen molar-refractivity contribution in [3.8, 4) is 11.3 Å². The van der Waals surface area contributed by atoms with Gasteiger partial charge in [-0.15, -0.1) is 0 Å². The van der Waals surface area contributed by atoms with Crippen LogP contribution < -0.4 is 5.32 Å². The van der Waals surface area contributed by atoms with E-state index < -0.39 is 0 Å². The van der Waals surface area contributed by atoms with Crippen molar-refractivity contribution in [1.29, 1.82) is 0 Å². The molecule has 0 bridgehead atoms. The van der Waals surface area contributed by atoms with Crippen LogP contribution in [0, 0.1) is 0 Å². The zero-order valence-corrected chi connectivity index (χ0v) is 9.64. The molecule has 1 aromatic carbocycles. The molecule has 0 saturated heterocycles. The number of nitrogens with one attached hydrogen (secondary N) is 1. The fourth-order valence-corrected chi connectivity index (χ4v) is 1.54. The van der Waals surface area contributed by atoms with Gasteiger partial charge in [0, 0.05) is 12.1 Å². The fourth-order valence-electron chi connectivity index (χ4n) is 1.54. The van der Waals surface area contributed by atoms with Crippen LogP contribution in [0.25, 0.3) is 11.3 Å². The highest BCUT2D eigenvalue weighted by Crippen LogP contribution is 2.21. The first-order valence-corrected chi connectivity index (χ1v) is 5.61. The molecule has 1 heterocycles. The lowest BCUT2D eigenvalue weighted by atomic mass is 10.1. The van der Waals surface area contributed by atoms with E-state index >= 15 is 0 Å². The maximum Gasteiger partial charge on any atom is 0.256 e. The van der Waals surface area contributed by atoms with E-state index in [1.807, 2.05) is 37.3 Å². The second-order valence-electron chi connectivity index (χ2n) is 3.70. The van der Waals surface area contributed by atoms with Gasteiger partial charge in [-0.05, 0) is 6.42 Å². The lowest BCUT2D eigenvalue weighted by Gasteiger charge is -2.02. The van der Waals surface area contributed by atoms with Crippen LogP contribution in [0.15, 0.2) is 41.1 Å². The van der Waals surface area contributed by atoms with Crippen LogP contribution in [0.2, 0.25) is 0 Å². The molecule has 0 aliphatic carbocycles. The van der Waals surface area contributed by atoms with Crippen LogP contribution in [0.4, 0.5) is 0 Å². The molecule has 4 heteroatoms. The molecule has 0 aliphatic heterocycles. The van der Waals surface area contributed by atoms with Gasteiger partial charge in [-0.2, -0.15) is 0 Å². The lowest BCUT2D eigenvalue weighted by Crippen LogP contribution is -2.24. The lowest BCUT2D eigenvalue weighted by molar-refractivity contribution is 0.0953. The molecule has 88 valence electrons. The van der Waals surface area contributed by atoms with Crippen molar-refractivity contribution in [1.82, 2.24) is 10.5 Å². The number of aromatic nitrogens is 1. The third kappa shape index (κ3) is 2.53. The van der Waals surface area contributed by atoms with E-state index in [1.165, 1.54) is 6.26 Å². The third-order valence-corrected chi connectivity index (χ3v) is 2.40. The predicted octanol–water partition coefficient (Wildman–Crippen LogP) is 2.48. The van der Waals surface area contributed by atoms with Gasteiger partial charge in [-0.1, -0.05) is 42.4 Å². The molecule has 4 nitrogen and oxygen atoms in total. The summed E-state index contributed by atoms with van der Waals surface area (Å²) in [6.07, 6.45) is 2.28. The van der Waals surface area contributed by atoms with Gasteiger partial charge >= 0.3 is 0 Å². The highest BCUT2D eigenvalue weighted by molar-refractivity contribution is 5.99. The molecule has 0 spiro atoms. The maximum atomic E-state index is 11.8. The Labute approximate surface area is 99.6 Å². The largest absolute Gasteiger partial charge is 0.363 e. The van der Waals surface area contributed by atoms with Crippen LogP contribution in [-0.2, 0) is 0 Å². The molecule has 0 unspecified atom stereocenters. The maximum absolute atomic E-state index is 11.8. The van der Waals surface area contributed by atoms with Crippen LogP contribution in [-0.4, -0.2) is 17.6 Å². The summed E-state index contributed by atoms with van der Waals surface area (Å²) in [6.45, 7) is 2.66. The van der Waals surface area contributed by atoms with E-state index in [0.717, 1.165) is 12.0 Å². The highest BCUT2D eigenvalue weighted by Gasteiger charge is 2.16. The van der Waals surface area contributed by atoms with E-state index in [2.05, 4.69) is 10.5 Å². The van der Waals surface area contributed by atoms with E-state index in [-0.39, 0.29) is 5.91 Å². The second kappa shape index (κ2) is 5.30. The van der Waals surface area contributed by atoms with Gasteiger partial charge in [0.05, 0.1) is 0 Å². The summed E-state index contributed by atoms with van der Waals surface area (Å²) < 4.78 is 4.89. The van der Waals surface area contributed by atoms with Crippen LogP contribution in [0.3, 0.4) is 0 Å². The van der Waals surface area contributed by atoms with E-state index in [1.54, 1.807) is 0 Å². The number of rotatable bonds is 4. The number of hydrogen-bond donors (Lipinski definition) is 1. The van der Waals surface area contributed by atoms with Crippen molar-refractivity contribution in [2.75, 3.05) is 6.54 Å². The molecular formula is C13H14N2O2. The first-order valence-electron chi connectivity index (χ1n) is 5.61. The predicted molar refractivity (Wildman–Crippen MR) is 64.6 cm³/mol. The molecule has 1 amide bonds. The molecule has 2 rings (SSSR count). The molecular weight excluding hydrogens is 216 g/mol. The molecule has 0 radical (unpaired) electrons. The molecule has 0 saturated carbocycles. The van der Waals surface area contributed by atoms with Gasteiger partial charge in [0.25, 0.3) is 5.91 Å². The first kappa shape index (κ1) is 11.4. The minimum absolute atomic E-state index is 0.146. The summed E-state index contributed by atoms with van der Waals surface area (Å²) in [4.78, 5) is 11.8. The molecule has 0 aliphatic rings. The number of benzene rings is 1. The molecule has 17 heavy (non-hydrogen) atoms. The van der Waals surface area contributed by atoms with E-state index in [4.69, 9.17) is 4.52 Å². The number of hydrogen-bond acceptors (Lipinski definition) is 3. The minimum Gasteiger partial charge on any atom is -0.363 e. The number of nitrogens with zero attached hydrogens (tertiary/aromatic N) is 1. The Morgan fingerprint density at radius 3 is 2.82 bits per heavy atom. The molecule has 1 aromatic heterocycles. The Morgan fingerprint density at radius 2 is 2.12 bits per heavy atom. The number of carbonyl (C=O) groups excluding carboxylic acids is 1. The number of carbonyl (C=O) groups is 1. The molecule has 0 fully saturated rings. The average Bonchev–Trinajstić information content (AvgIpc) is 2.86. The highest BCUT2D eigenvalue weighted by atomic mass is 16.5. The van der Waals surface area contributed by atoms with Crippen molar-refractivity contribution in [2.24, 2.45) is 0 Å². The van der Waals surface area contributed by atoms with Gasteiger partial charge in [0.2, 0.25) is 0 Å². The molecule has 2 aromatic rings. The summed E-state index contributed by atoms with van der Waals surface area (Å²) >= 11 is 0. The van der Waals surface area contributed by atoms with E-state index in [9.17, 15) is 4.79 Å². The van der Waals surface area contributed by atoms with Gasteiger partial charge in [-0.3, -0.25) is 4.79 Å². The zero-order chi connectivity index (χ0) is 12.1. The minimum atomic E-state index is -0.146. The summed E-state index contributed by atoms with van der Waals surface area (Å²) in [6, 6.07) is 9.51. The Balaban J connectivity index is 2.26. The van der Waals surface area contributed by atoms with Crippen LogP contribution >= 0.6 is 0 Å². The van der Waals surface area contributed by atoms with Gasteiger partial charge in [-0.25, -0.2) is 0 Å². The Bertz CT molecular complexity index is 491. The Morgan fingerprint density at radius 1 is 1.35 bits per heavy atom. The van der Waals surface area contributed by atoms with Gasteiger partial charge < -0.3 is 9.84 Å². The quantitative estimate of drug-likeness (QED) is 0.877. The smallest absolute Gasteiger partial charge is 0.256 e. The summed E-state index contributed by atoms with van der Waals surface area (Å²) in [5.41, 5.74) is 1.94. The van der Waals surface area contributed by atoms with Crippen molar-refractivity contribution in [2.45, 2.75) is 13.3 Å². The van der Waals surface area contributed by atoms with Crippen molar-refractivity contribution >= 4 is 5.91 Å². The standard InChI is InChI=1S/C13H14N2O2/c1-2-8-14-13(16)11-9-17-15-12(11)10-6-4-3-5-7-10/h3-7,9H,2,8H2,1H3,(H,14,16). The molecule has 1 N–H and O–H groups in total. The topological polar surface area (TPSA) is 55.1 Å².